The Balaban J connectivity index is 1.83. The van der Waals surface area contributed by atoms with E-state index in [9.17, 15) is 4.79 Å². The van der Waals surface area contributed by atoms with E-state index in [0.717, 1.165) is 35.7 Å². The molecule has 0 bridgehead atoms. The van der Waals surface area contributed by atoms with E-state index < -0.39 is 6.04 Å². The maximum atomic E-state index is 11.9. The van der Waals surface area contributed by atoms with Crippen LogP contribution in [-0.4, -0.2) is 35.2 Å². The van der Waals surface area contributed by atoms with E-state index >= 15 is 0 Å². The van der Waals surface area contributed by atoms with E-state index in [1.165, 1.54) is 0 Å². The Morgan fingerprint density at radius 3 is 2.90 bits per heavy atom. The monoisotopic (exact) mass is 289 g/mol. The quantitative estimate of drug-likeness (QED) is 0.552. The highest BCUT2D eigenvalue weighted by Gasteiger charge is 2.15. The average Bonchev–Trinajstić information content (AvgIpc) is 2.90. The molecule has 1 aromatic heterocycles. The number of H-pyrrole nitrogens is 1. The summed E-state index contributed by atoms with van der Waals surface area (Å²) in [5, 5.41) is 12.6. The van der Waals surface area contributed by atoms with Gasteiger partial charge < -0.3 is 21.1 Å². The second kappa shape index (κ2) is 7.81. The molecule has 1 unspecified atom stereocenters. The number of nitrogens with one attached hydrogen (secondary N) is 2. The molecule has 0 radical (unpaired) electrons. The first-order valence-electron chi connectivity index (χ1n) is 7.41. The van der Waals surface area contributed by atoms with Gasteiger partial charge >= 0.3 is 0 Å². The molecule has 0 spiro atoms. The van der Waals surface area contributed by atoms with Crippen LogP contribution in [0.2, 0.25) is 0 Å². The maximum absolute atomic E-state index is 11.9. The van der Waals surface area contributed by atoms with Gasteiger partial charge in [0.05, 0.1) is 6.04 Å². The molecule has 1 amide bonds. The third kappa shape index (κ3) is 4.31. The summed E-state index contributed by atoms with van der Waals surface area (Å²) in [5.74, 6) is -0.121. The summed E-state index contributed by atoms with van der Waals surface area (Å²) in [5.41, 5.74) is 8.10. The number of nitrogens with two attached hydrogens (primary N) is 1. The fourth-order valence-electron chi connectivity index (χ4n) is 2.39. The predicted molar refractivity (Wildman–Crippen MR) is 83.9 cm³/mol. The zero-order valence-electron chi connectivity index (χ0n) is 12.1. The number of aliphatic hydroxyl groups is 1. The van der Waals surface area contributed by atoms with Gasteiger partial charge in [-0.15, -0.1) is 0 Å². The van der Waals surface area contributed by atoms with Gasteiger partial charge in [0.1, 0.15) is 0 Å². The van der Waals surface area contributed by atoms with Crippen molar-refractivity contribution in [2.45, 2.75) is 31.7 Å². The van der Waals surface area contributed by atoms with E-state index in [0.29, 0.717) is 13.0 Å². The highest BCUT2D eigenvalue weighted by molar-refractivity contribution is 5.86. The van der Waals surface area contributed by atoms with Crippen molar-refractivity contribution in [1.82, 2.24) is 10.3 Å². The number of rotatable bonds is 8. The number of hydrogen-bond donors (Lipinski definition) is 4. The zero-order chi connectivity index (χ0) is 15.1. The van der Waals surface area contributed by atoms with Gasteiger partial charge in [-0.2, -0.15) is 0 Å². The fraction of sp³-hybridized carbons (Fsp3) is 0.438. The number of carbonyl (C=O) groups is 1. The molecule has 0 aliphatic heterocycles. The molecule has 2 aromatic rings. The number of hydrogen-bond acceptors (Lipinski definition) is 3. The Morgan fingerprint density at radius 2 is 2.10 bits per heavy atom. The van der Waals surface area contributed by atoms with Gasteiger partial charge in [0.2, 0.25) is 5.91 Å². The van der Waals surface area contributed by atoms with Crippen LogP contribution in [0.1, 0.15) is 24.8 Å². The molecular weight excluding hydrogens is 266 g/mol. The number of carbonyl (C=O) groups excluding carboxylic acids is 1. The lowest BCUT2D eigenvalue weighted by molar-refractivity contribution is -0.122. The highest BCUT2D eigenvalue weighted by atomic mass is 16.2. The Kier molecular flexibility index (Phi) is 5.78. The normalized spacial score (nSPS) is 12.5. The number of aromatic nitrogens is 1. The molecule has 1 atom stereocenters. The number of unbranched alkanes of at least 4 members (excludes halogenated alkanes) is 2. The topological polar surface area (TPSA) is 91.1 Å². The van der Waals surface area contributed by atoms with Gasteiger partial charge in [-0.1, -0.05) is 18.2 Å². The molecule has 1 aromatic carbocycles. The van der Waals surface area contributed by atoms with Crippen molar-refractivity contribution < 1.29 is 9.90 Å². The number of fused-ring (bicyclic) bond motifs is 1. The molecule has 5 nitrogen and oxygen atoms in total. The number of aliphatic hydroxyl groups excluding tert-OH is 1. The standard InChI is InChI=1S/C16H23N3O2/c17-14(16(21)18-8-4-1-5-9-20)10-12-11-19-15-7-3-2-6-13(12)15/h2-3,6-7,11,14,19-20H,1,4-5,8-10,17H2,(H,18,21). The summed E-state index contributed by atoms with van der Waals surface area (Å²) >= 11 is 0. The van der Waals surface area contributed by atoms with Crippen LogP contribution in [0.25, 0.3) is 10.9 Å². The predicted octanol–water partition coefficient (Wildman–Crippen LogP) is 1.32. The van der Waals surface area contributed by atoms with Crippen molar-refractivity contribution in [2.24, 2.45) is 5.73 Å². The molecule has 0 saturated carbocycles. The Labute approximate surface area is 124 Å². The van der Waals surface area contributed by atoms with E-state index in [1.807, 2.05) is 30.5 Å². The minimum atomic E-state index is -0.540. The van der Waals surface area contributed by atoms with E-state index in [-0.39, 0.29) is 12.5 Å². The molecule has 0 saturated heterocycles. The van der Waals surface area contributed by atoms with Gasteiger partial charge in [-0.3, -0.25) is 4.79 Å². The van der Waals surface area contributed by atoms with Gasteiger partial charge in [-0.25, -0.2) is 0 Å². The molecule has 1 heterocycles. The van der Waals surface area contributed by atoms with Crippen molar-refractivity contribution in [2.75, 3.05) is 13.2 Å². The first-order chi connectivity index (χ1) is 10.2. The van der Waals surface area contributed by atoms with Crippen molar-refractivity contribution in [3.05, 3.63) is 36.0 Å². The molecular formula is C16H23N3O2. The lowest BCUT2D eigenvalue weighted by Gasteiger charge is -2.11. The van der Waals surface area contributed by atoms with Crippen LogP contribution in [0.15, 0.2) is 30.5 Å². The third-order valence-corrected chi connectivity index (χ3v) is 3.59. The van der Waals surface area contributed by atoms with Crippen LogP contribution in [0, 0.1) is 0 Å². The summed E-state index contributed by atoms with van der Waals surface area (Å²) in [6.07, 6.45) is 4.99. The van der Waals surface area contributed by atoms with Crippen molar-refractivity contribution in [1.29, 1.82) is 0 Å². The Morgan fingerprint density at radius 1 is 1.29 bits per heavy atom. The first-order valence-corrected chi connectivity index (χ1v) is 7.41. The molecule has 2 rings (SSSR count). The van der Waals surface area contributed by atoms with Crippen molar-refractivity contribution in [3.8, 4) is 0 Å². The van der Waals surface area contributed by atoms with Crippen molar-refractivity contribution in [3.63, 3.8) is 0 Å². The van der Waals surface area contributed by atoms with Gasteiger partial charge in [0, 0.05) is 30.3 Å². The summed E-state index contributed by atoms with van der Waals surface area (Å²) < 4.78 is 0. The lowest BCUT2D eigenvalue weighted by atomic mass is 10.1. The van der Waals surface area contributed by atoms with E-state index in [2.05, 4.69) is 10.3 Å². The fourth-order valence-corrected chi connectivity index (χ4v) is 2.39. The summed E-state index contributed by atoms with van der Waals surface area (Å²) in [6, 6.07) is 7.45. The van der Waals surface area contributed by atoms with Gasteiger partial charge in [-0.05, 0) is 37.3 Å². The zero-order valence-corrected chi connectivity index (χ0v) is 12.1. The minimum absolute atomic E-state index is 0.121. The van der Waals surface area contributed by atoms with Crippen LogP contribution >= 0.6 is 0 Å². The van der Waals surface area contributed by atoms with Crippen LogP contribution < -0.4 is 11.1 Å². The second-order valence-electron chi connectivity index (χ2n) is 5.25. The van der Waals surface area contributed by atoms with E-state index in [1.54, 1.807) is 0 Å². The lowest BCUT2D eigenvalue weighted by Crippen LogP contribution is -2.42. The van der Waals surface area contributed by atoms with Crippen LogP contribution in [0.3, 0.4) is 0 Å². The summed E-state index contributed by atoms with van der Waals surface area (Å²) in [6.45, 7) is 0.814. The Hall–Kier alpha value is -1.85. The molecule has 21 heavy (non-hydrogen) atoms. The SMILES string of the molecule is NC(Cc1c[nH]c2ccccc12)C(=O)NCCCCCO. The van der Waals surface area contributed by atoms with Crippen LogP contribution in [0.5, 0.6) is 0 Å². The smallest absolute Gasteiger partial charge is 0.237 e. The van der Waals surface area contributed by atoms with Crippen LogP contribution in [0.4, 0.5) is 0 Å². The molecule has 0 fully saturated rings. The molecule has 0 aliphatic rings. The molecule has 5 N–H and O–H groups in total. The summed E-state index contributed by atoms with van der Waals surface area (Å²) in [4.78, 5) is 15.1. The largest absolute Gasteiger partial charge is 0.396 e. The van der Waals surface area contributed by atoms with E-state index in [4.69, 9.17) is 10.8 Å². The van der Waals surface area contributed by atoms with Crippen LogP contribution in [-0.2, 0) is 11.2 Å². The number of amides is 1. The molecule has 0 aliphatic carbocycles. The number of aromatic amines is 1. The average molecular weight is 289 g/mol. The third-order valence-electron chi connectivity index (χ3n) is 3.59. The van der Waals surface area contributed by atoms with Gasteiger partial charge in [0.15, 0.2) is 0 Å². The summed E-state index contributed by atoms with van der Waals surface area (Å²) in [7, 11) is 0. The molecule has 114 valence electrons. The number of para-hydroxylation sites is 1. The maximum Gasteiger partial charge on any atom is 0.237 e. The van der Waals surface area contributed by atoms with Gasteiger partial charge in [0.25, 0.3) is 0 Å². The minimum Gasteiger partial charge on any atom is -0.396 e. The second-order valence-corrected chi connectivity index (χ2v) is 5.25. The molecule has 5 heteroatoms. The number of benzene rings is 1. The van der Waals surface area contributed by atoms with Crippen molar-refractivity contribution >= 4 is 16.8 Å². The first kappa shape index (κ1) is 15.5. The highest BCUT2D eigenvalue weighted by Crippen LogP contribution is 2.18. The Bertz CT molecular complexity index is 580.